The van der Waals surface area contributed by atoms with Gasteiger partial charge in [-0.05, 0) is 42.0 Å². The second-order valence-electron chi connectivity index (χ2n) is 6.25. The zero-order valence-corrected chi connectivity index (χ0v) is 15.6. The lowest BCUT2D eigenvalue weighted by Gasteiger charge is -2.08. The summed E-state index contributed by atoms with van der Waals surface area (Å²) in [6.45, 7) is 0.298. The first-order chi connectivity index (χ1) is 13.5. The molecule has 28 heavy (non-hydrogen) atoms. The van der Waals surface area contributed by atoms with Crippen LogP contribution in [0.3, 0.4) is 0 Å². The molecule has 0 fully saturated rings. The van der Waals surface area contributed by atoms with E-state index in [2.05, 4.69) is 10.3 Å². The molecular weight excluding hydrogens is 374 g/mol. The van der Waals surface area contributed by atoms with Crippen LogP contribution in [0.2, 0.25) is 0 Å². The number of hydrogen-bond donors (Lipinski definition) is 1. The van der Waals surface area contributed by atoms with Crippen LogP contribution in [0.1, 0.15) is 15.9 Å². The van der Waals surface area contributed by atoms with Gasteiger partial charge in [0, 0.05) is 25.1 Å². The van der Waals surface area contributed by atoms with E-state index in [9.17, 15) is 13.2 Å². The highest BCUT2D eigenvalue weighted by atomic mass is 32.2. The Morgan fingerprint density at radius 2 is 1.64 bits per heavy atom. The van der Waals surface area contributed by atoms with Gasteiger partial charge in [-0.1, -0.05) is 30.3 Å². The molecule has 0 saturated heterocycles. The molecule has 7 heteroatoms. The largest absolute Gasteiger partial charge is 0.348 e. The summed E-state index contributed by atoms with van der Waals surface area (Å²) in [4.78, 5) is 17.0. The van der Waals surface area contributed by atoms with Crippen LogP contribution in [-0.2, 0) is 16.4 Å². The number of sulfone groups is 1. The fourth-order valence-electron chi connectivity index (χ4n) is 2.86. The van der Waals surface area contributed by atoms with Gasteiger partial charge in [-0.3, -0.25) is 4.79 Å². The lowest BCUT2D eigenvalue weighted by molar-refractivity contribution is 0.0950. The molecule has 4 aromatic rings. The SMILES string of the molecule is O=C(NCc1ccc(S(=O)(=O)c2ccccc2)cc1)c1ccc2nccn2c1. The Labute approximate surface area is 162 Å². The zero-order chi connectivity index (χ0) is 19.6. The maximum absolute atomic E-state index is 12.6. The molecule has 2 aromatic carbocycles. The van der Waals surface area contributed by atoms with Crippen molar-refractivity contribution in [2.45, 2.75) is 16.3 Å². The number of nitrogens with zero attached hydrogens (tertiary/aromatic N) is 2. The van der Waals surface area contributed by atoms with Crippen molar-refractivity contribution in [3.8, 4) is 0 Å². The lowest BCUT2D eigenvalue weighted by Crippen LogP contribution is -2.23. The first-order valence-electron chi connectivity index (χ1n) is 8.64. The normalized spacial score (nSPS) is 11.4. The van der Waals surface area contributed by atoms with E-state index < -0.39 is 9.84 Å². The van der Waals surface area contributed by atoms with Crippen molar-refractivity contribution in [1.29, 1.82) is 0 Å². The van der Waals surface area contributed by atoms with Gasteiger partial charge in [-0.25, -0.2) is 13.4 Å². The summed E-state index contributed by atoms with van der Waals surface area (Å²) in [6.07, 6.45) is 5.16. The monoisotopic (exact) mass is 391 g/mol. The van der Waals surface area contributed by atoms with Crippen molar-refractivity contribution in [2.75, 3.05) is 0 Å². The van der Waals surface area contributed by atoms with Gasteiger partial charge in [-0.2, -0.15) is 0 Å². The van der Waals surface area contributed by atoms with Crippen molar-refractivity contribution in [2.24, 2.45) is 0 Å². The van der Waals surface area contributed by atoms with Crippen LogP contribution in [0, 0.1) is 0 Å². The Balaban J connectivity index is 1.45. The van der Waals surface area contributed by atoms with Gasteiger partial charge >= 0.3 is 0 Å². The first-order valence-corrected chi connectivity index (χ1v) is 10.1. The van der Waals surface area contributed by atoms with Crippen molar-refractivity contribution < 1.29 is 13.2 Å². The van der Waals surface area contributed by atoms with Gasteiger partial charge < -0.3 is 9.72 Å². The summed E-state index contributed by atoms with van der Waals surface area (Å²) in [5.41, 5.74) is 2.10. The van der Waals surface area contributed by atoms with E-state index in [1.807, 2.05) is 0 Å². The molecule has 0 radical (unpaired) electrons. The summed E-state index contributed by atoms with van der Waals surface area (Å²) in [5, 5.41) is 2.84. The second-order valence-corrected chi connectivity index (χ2v) is 8.20. The van der Waals surface area contributed by atoms with E-state index in [0.29, 0.717) is 12.1 Å². The van der Waals surface area contributed by atoms with Crippen LogP contribution in [0.5, 0.6) is 0 Å². The highest BCUT2D eigenvalue weighted by molar-refractivity contribution is 7.91. The lowest BCUT2D eigenvalue weighted by atomic mass is 10.2. The number of imidazole rings is 1. The van der Waals surface area contributed by atoms with Gasteiger partial charge in [0.05, 0.1) is 15.4 Å². The molecule has 2 heterocycles. The third-order valence-electron chi connectivity index (χ3n) is 4.39. The Hall–Kier alpha value is -3.45. The van der Waals surface area contributed by atoms with E-state index in [1.165, 1.54) is 0 Å². The molecule has 0 unspecified atom stereocenters. The molecule has 0 aliphatic rings. The molecule has 0 bridgehead atoms. The van der Waals surface area contributed by atoms with E-state index >= 15 is 0 Å². The average Bonchev–Trinajstić information content (AvgIpc) is 3.21. The Morgan fingerprint density at radius 3 is 2.39 bits per heavy atom. The molecule has 1 amide bonds. The van der Waals surface area contributed by atoms with Crippen LogP contribution < -0.4 is 5.32 Å². The maximum Gasteiger partial charge on any atom is 0.253 e. The molecule has 2 aromatic heterocycles. The molecule has 6 nitrogen and oxygen atoms in total. The Morgan fingerprint density at radius 1 is 0.929 bits per heavy atom. The molecule has 0 atom stereocenters. The van der Waals surface area contributed by atoms with E-state index in [-0.39, 0.29) is 15.7 Å². The number of pyridine rings is 1. The van der Waals surface area contributed by atoms with Crippen LogP contribution in [0.25, 0.3) is 5.65 Å². The van der Waals surface area contributed by atoms with Crippen LogP contribution in [-0.4, -0.2) is 23.7 Å². The fraction of sp³-hybridized carbons (Fsp3) is 0.0476. The number of carbonyl (C=O) groups excluding carboxylic acids is 1. The van der Waals surface area contributed by atoms with E-state index in [0.717, 1.165) is 11.2 Å². The highest BCUT2D eigenvalue weighted by Crippen LogP contribution is 2.20. The number of nitrogens with one attached hydrogen (secondary N) is 1. The standard InChI is InChI=1S/C21H17N3O3S/c25-21(17-8-11-20-22-12-13-24(20)15-17)23-14-16-6-9-19(10-7-16)28(26,27)18-4-2-1-3-5-18/h1-13,15H,14H2,(H,23,25). The average molecular weight is 391 g/mol. The first kappa shape index (κ1) is 17.9. The summed E-state index contributed by atoms with van der Waals surface area (Å²) in [6, 6.07) is 18.3. The molecule has 0 aliphatic carbocycles. The number of fused-ring (bicyclic) bond motifs is 1. The van der Waals surface area contributed by atoms with Gasteiger partial charge in [0.2, 0.25) is 9.84 Å². The number of benzene rings is 2. The predicted octanol–water partition coefficient (Wildman–Crippen LogP) is 3.10. The molecule has 0 spiro atoms. The minimum absolute atomic E-state index is 0.211. The zero-order valence-electron chi connectivity index (χ0n) is 14.8. The summed E-state index contributed by atoms with van der Waals surface area (Å²) in [5.74, 6) is -0.211. The topological polar surface area (TPSA) is 80.5 Å². The molecule has 0 saturated carbocycles. The Bertz CT molecular complexity index is 1230. The third kappa shape index (κ3) is 3.52. The van der Waals surface area contributed by atoms with Crippen LogP contribution >= 0.6 is 0 Å². The summed E-state index contributed by atoms with van der Waals surface area (Å²) < 4.78 is 27.0. The van der Waals surface area contributed by atoms with Gasteiger partial charge in [0.25, 0.3) is 5.91 Å². The van der Waals surface area contributed by atoms with E-state index in [4.69, 9.17) is 0 Å². The predicted molar refractivity (Wildman–Crippen MR) is 105 cm³/mol. The smallest absolute Gasteiger partial charge is 0.253 e. The minimum Gasteiger partial charge on any atom is -0.348 e. The molecule has 140 valence electrons. The Kier molecular flexibility index (Phi) is 4.67. The van der Waals surface area contributed by atoms with Gasteiger partial charge in [-0.15, -0.1) is 0 Å². The van der Waals surface area contributed by atoms with Crippen molar-refractivity contribution in [3.05, 3.63) is 96.4 Å². The third-order valence-corrected chi connectivity index (χ3v) is 6.18. The quantitative estimate of drug-likeness (QED) is 0.567. The number of amides is 1. The minimum atomic E-state index is -3.54. The van der Waals surface area contributed by atoms with Gasteiger partial charge in [0.15, 0.2) is 0 Å². The van der Waals surface area contributed by atoms with E-state index in [1.54, 1.807) is 89.7 Å². The molecule has 1 N–H and O–H groups in total. The second kappa shape index (κ2) is 7.28. The molecular formula is C21H17N3O3S. The number of hydrogen-bond acceptors (Lipinski definition) is 4. The number of rotatable bonds is 5. The number of aromatic nitrogens is 2. The van der Waals surface area contributed by atoms with Crippen LogP contribution in [0.4, 0.5) is 0 Å². The summed E-state index contributed by atoms with van der Waals surface area (Å²) in [7, 11) is -3.54. The van der Waals surface area contributed by atoms with Crippen molar-refractivity contribution >= 4 is 21.4 Å². The van der Waals surface area contributed by atoms with Crippen molar-refractivity contribution in [3.63, 3.8) is 0 Å². The fourth-order valence-corrected chi connectivity index (χ4v) is 4.14. The number of carbonyl (C=O) groups is 1. The van der Waals surface area contributed by atoms with Crippen LogP contribution in [0.15, 0.2) is 95.1 Å². The van der Waals surface area contributed by atoms with Gasteiger partial charge in [0.1, 0.15) is 5.65 Å². The highest BCUT2D eigenvalue weighted by Gasteiger charge is 2.16. The molecule has 4 rings (SSSR count). The summed E-state index contributed by atoms with van der Waals surface area (Å²) >= 11 is 0. The molecule has 0 aliphatic heterocycles. The maximum atomic E-state index is 12.6. The van der Waals surface area contributed by atoms with Crippen molar-refractivity contribution in [1.82, 2.24) is 14.7 Å².